The number of hydrogen-bond donors (Lipinski definition) is 1. The molecule has 0 aliphatic carbocycles. The number of nitrogens with one attached hydrogen (secondary N) is 1. The minimum Gasteiger partial charge on any atom is -0.487 e. The molecule has 1 aliphatic heterocycles. The molecule has 1 N–H and O–H groups in total. The Morgan fingerprint density at radius 1 is 1.43 bits per heavy atom. The fourth-order valence-electron chi connectivity index (χ4n) is 2.25. The summed E-state index contributed by atoms with van der Waals surface area (Å²) in [6, 6.07) is 8.98. The molecule has 0 spiro atoms. The lowest BCUT2D eigenvalue weighted by atomic mass is 10.1. The second kappa shape index (κ2) is 7.11. The van der Waals surface area contributed by atoms with Gasteiger partial charge in [-0.15, -0.1) is 11.3 Å². The van der Waals surface area contributed by atoms with Crippen LogP contribution in [0.25, 0.3) is 0 Å². The number of amides is 2. The standard InChI is InChI=1S/C16H16N4O2S/c17-7-12-1-3-14(4-2-12)22-15-8-20(9-15)16(21)18-6-5-13-10-23-11-19-13/h1-4,10-11,15H,5-6,8-9H2,(H,18,21). The number of urea groups is 1. The van der Waals surface area contributed by atoms with Gasteiger partial charge in [0.25, 0.3) is 0 Å². The molecule has 0 atom stereocenters. The highest BCUT2D eigenvalue weighted by Gasteiger charge is 2.32. The summed E-state index contributed by atoms with van der Waals surface area (Å²) in [5.41, 5.74) is 3.39. The van der Waals surface area contributed by atoms with Gasteiger partial charge >= 0.3 is 6.03 Å². The number of hydrogen-bond acceptors (Lipinski definition) is 5. The van der Waals surface area contributed by atoms with Crippen LogP contribution >= 0.6 is 11.3 Å². The molecule has 2 heterocycles. The van der Waals surface area contributed by atoms with Crippen molar-refractivity contribution >= 4 is 17.4 Å². The number of carbonyl (C=O) groups is 1. The molecule has 2 aromatic rings. The summed E-state index contributed by atoms with van der Waals surface area (Å²) in [5.74, 6) is 0.720. The fourth-order valence-corrected chi connectivity index (χ4v) is 2.84. The molecule has 1 aliphatic rings. The summed E-state index contributed by atoms with van der Waals surface area (Å²) < 4.78 is 5.75. The fraction of sp³-hybridized carbons (Fsp3) is 0.312. The number of rotatable bonds is 5. The number of nitriles is 1. The minimum atomic E-state index is -0.0695. The number of benzene rings is 1. The summed E-state index contributed by atoms with van der Waals surface area (Å²) in [6.07, 6.45) is 0.751. The van der Waals surface area contributed by atoms with E-state index in [1.165, 1.54) is 0 Å². The lowest BCUT2D eigenvalue weighted by molar-refractivity contribution is 0.0445. The Morgan fingerprint density at radius 3 is 2.87 bits per heavy atom. The molecule has 1 aromatic heterocycles. The highest BCUT2D eigenvalue weighted by molar-refractivity contribution is 7.07. The van der Waals surface area contributed by atoms with Gasteiger partial charge in [-0.2, -0.15) is 5.26 Å². The molecule has 0 bridgehead atoms. The van der Waals surface area contributed by atoms with Crippen LogP contribution in [0.15, 0.2) is 35.2 Å². The van der Waals surface area contributed by atoms with Crippen molar-refractivity contribution in [1.29, 1.82) is 5.26 Å². The average Bonchev–Trinajstić information content (AvgIpc) is 3.04. The summed E-state index contributed by atoms with van der Waals surface area (Å²) in [7, 11) is 0. The lowest BCUT2D eigenvalue weighted by Gasteiger charge is -2.38. The largest absolute Gasteiger partial charge is 0.487 e. The quantitative estimate of drug-likeness (QED) is 0.911. The third-order valence-electron chi connectivity index (χ3n) is 3.56. The third-order valence-corrected chi connectivity index (χ3v) is 4.20. The van der Waals surface area contributed by atoms with Crippen LogP contribution in [0.2, 0.25) is 0 Å². The van der Waals surface area contributed by atoms with Gasteiger partial charge in [0.2, 0.25) is 0 Å². The van der Waals surface area contributed by atoms with Crippen molar-refractivity contribution in [3.05, 3.63) is 46.4 Å². The Labute approximate surface area is 138 Å². The van der Waals surface area contributed by atoms with Gasteiger partial charge in [0, 0.05) is 18.3 Å². The van der Waals surface area contributed by atoms with Crippen LogP contribution in [-0.2, 0) is 6.42 Å². The van der Waals surface area contributed by atoms with Crippen molar-refractivity contribution < 1.29 is 9.53 Å². The molecular weight excluding hydrogens is 312 g/mol. The molecule has 0 radical (unpaired) electrons. The number of thiazole rings is 1. The normalized spacial score (nSPS) is 14.0. The predicted molar refractivity (Wildman–Crippen MR) is 86.4 cm³/mol. The van der Waals surface area contributed by atoms with Crippen LogP contribution in [0.1, 0.15) is 11.3 Å². The third kappa shape index (κ3) is 3.99. The zero-order valence-electron chi connectivity index (χ0n) is 12.4. The molecule has 118 valence electrons. The molecule has 0 unspecified atom stereocenters. The molecule has 3 rings (SSSR count). The van der Waals surface area contributed by atoms with Crippen molar-refractivity contribution in [2.75, 3.05) is 19.6 Å². The van der Waals surface area contributed by atoms with Crippen molar-refractivity contribution in [3.8, 4) is 11.8 Å². The van der Waals surface area contributed by atoms with Crippen LogP contribution in [0.3, 0.4) is 0 Å². The molecule has 0 saturated carbocycles. The highest BCUT2D eigenvalue weighted by Crippen LogP contribution is 2.18. The highest BCUT2D eigenvalue weighted by atomic mass is 32.1. The second-order valence-electron chi connectivity index (χ2n) is 5.24. The number of aromatic nitrogens is 1. The minimum absolute atomic E-state index is 0.00669. The van der Waals surface area contributed by atoms with Gasteiger partial charge in [0.05, 0.1) is 35.9 Å². The number of likely N-dealkylation sites (tertiary alicyclic amines) is 1. The van der Waals surface area contributed by atoms with Crippen LogP contribution in [0.4, 0.5) is 4.79 Å². The van der Waals surface area contributed by atoms with E-state index in [1.807, 2.05) is 5.38 Å². The van der Waals surface area contributed by atoms with Crippen LogP contribution < -0.4 is 10.1 Å². The lowest BCUT2D eigenvalue weighted by Crippen LogP contribution is -2.59. The van der Waals surface area contributed by atoms with E-state index in [9.17, 15) is 4.79 Å². The molecular formula is C16H16N4O2S. The van der Waals surface area contributed by atoms with Gasteiger partial charge in [-0.05, 0) is 24.3 Å². The van der Waals surface area contributed by atoms with Gasteiger partial charge in [-0.25, -0.2) is 9.78 Å². The Kier molecular flexibility index (Phi) is 4.74. The average molecular weight is 328 g/mol. The van der Waals surface area contributed by atoms with Crippen LogP contribution in [-0.4, -0.2) is 41.7 Å². The van der Waals surface area contributed by atoms with Crippen LogP contribution in [0, 0.1) is 11.3 Å². The maximum atomic E-state index is 11.9. The molecule has 1 saturated heterocycles. The van der Waals surface area contributed by atoms with Crippen molar-refractivity contribution in [2.24, 2.45) is 0 Å². The summed E-state index contributed by atoms with van der Waals surface area (Å²) in [6.45, 7) is 1.73. The van der Waals surface area contributed by atoms with E-state index in [0.29, 0.717) is 25.2 Å². The van der Waals surface area contributed by atoms with Crippen molar-refractivity contribution in [3.63, 3.8) is 0 Å². The Hall–Kier alpha value is -2.59. The van der Waals surface area contributed by atoms with E-state index < -0.39 is 0 Å². The first-order valence-corrected chi connectivity index (χ1v) is 8.25. The second-order valence-corrected chi connectivity index (χ2v) is 5.96. The first kappa shape index (κ1) is 15.3. The van der Waals surface area contributed by atoms with E-state index in [2.05, 4.69) is 16.4 Å². The maximum Gasteiger partial charge on any atom is 0.317 e. The van der Waals surface area contributed by atoms with Crippen LogP contribution in [0.5, 0.6) is 5.75 Å². The predicted octanol–water partition coefficient (Wildman–Crippen LogP) is 2.03. The zero-order chi connectivity index (χ0) is 16.1. The Bertz CT molecular complexity index is 688. The van der Waals surface area contributed by atoms with Crippen molar-refractivity contribution in [1.82, 2.24) is 15.2 Å². The molecule has 23 heavy (non-hydrogen) atoms. The van der Waals surface area contributed by atoms with Gasteiger partial charge in [-0.3, -0.25) is 0 Å². The smallest absolute Gasteiger partial charge is 0.317 e. The van der Waals surface area contributed by atoms with E-state index in [0.717, 1.165) is 17.9 Å². The SMILES string of the molecule is N#Cc1ccc(OC2CN(C(=O)NCCc3cscn3)C2)cc1. The summed E-state index contributed by atoms with van der Waals surface area (Å²) in [5, 5.41) is 13.6. The zero-order valence-corrected chi connectivity index (χ0v) is 13.3. The maximum absolute atomic E-state index is 11.9. The van der Waals surface area contributed by atoms with E-state index in [4.69, 9.17) is 10.00 Å². The van der Waals surface area contributed by atoms with E-state index in [1.54, 1.807) is 46.0 Å². The molecule has 1 aromatic carbocycles. The monoisotopic (exact) mass is 328 g/mol. The Morgan fingerprint density at radius 2 is 2.22 bits per heavy atom. The summed E-state index contributed by atoms with van der Waals surface area (Å²) >= 11 is 1.56. The van der Waals surface area contributed by atoms with Gasteiger partial charge in [-0.1, -0.05) is 0 Å². The first-order chi connectivity index (χ1) is 11.2. The Balaban J connectivity index is 1.36. The first-order valence-electron chi connectivity index (χ1n) is 7.31. The molecule has 1 fully saturated rings. The van der Waals surface area contributed by atoms with E-state index >= 15 is 0 Å². The van der Waals surface area contributed by atoms with Gasteiger partial charge in [0.15, 0.2) is 0 Å². The number of carbonyl (C=O) groups excluding carboxylic acids is 1. The van der Waals surface area contributed by atoms with Gasteiger partial charge < -0.3 is 15.0 Å². The van der Waals surface area contributed by atoms with E-state index in [-0.39, 0.29) is 12.1 Å². The topological polar surface area (TPSA) is 78.2 Å². The van der Waals surface area contributed by atoms with Crippen molar-refractivity contribution in [2.45, 2.75) is 12.5 Å². The molecule has 6 nitrogen and oxygen atoms in total. The molecule has 7 heteroatoms. The number of ether oxygens (including phenoxy) is 1. The summed E-state index contributed by atoms with van der Waals surface area (Å²) in [4.78, 5) is 17.8. The van der Waals surface area contributed by atoms with Gasteiger partial charge in [0.1, 0.15) is 11.9 Å². The molecule has 2 amide bonds. The number of nitrogens with zero attached hydrogens (tertiary/aromatic N) is 3.